The number of carbonyl (C=O) groups excluding carboxylic acids is 1. The molecule has 0 fully saturated rings. The molecule has 0 atom stereocenters. The zero-order valence-electron chi connectivity index (χ0n) is 10.6. The molecule has 20 heavy (non-hydrogen) atoms. The van der Waals surface area contributed by atoms with Crippen LogP contribution < -0.4 is 10.9 Å². The van der Waals surface area contributed by atoms with Crippen LogP contribution in [0.3, 0.4) is 0 Å². The van der Waals surface area contributed by atoms with Gasteiger partial charge in [0, 0.05) is 18.5 Å². The molecule has 2 N–H and O–H groups in total. The summed E-state index contributed by atoms with van der Waals surface area (Å²) in [5.41, 5.74) is 0.710. The summed E-state index contributed by atoms with van der Waals surface area (Å²) in [4.78, 5) is 23.3. The van der Waals surface area contributed by atoms with Crippen LogP contribution in [0.2, 0.25) is 0 Å². The van der Waals surface area contributed by atoms with Crippen molar-refractivity contribution in [1.29, 1.82) is 0 Å². The van der Waals surface area contributed by atoms with Gasteiger partial charge in [0.1, 0.15) is 5.69 Å². The van der Waals surface area contributed by atoms with Crippen molar-refractivity contribution in [2.45, 2.75) is 0 Å². The van der Waals surface area contributed by atoms with E-state index in [9.17, 15) is 9.59 Å². The smallest absolute Gasteiger partial charge is 0.277 e. The Labute approximate surface area is 113 Å². The minimum atomic E-state index is -0.419. The van der Waals surface area contributed by atoms with E-state index < -0.39 is 5.91 Å². The number of hydrogen-bond acceptors (Lipinski definition) is 4. The first kappa shape index (κ1) is 12.1. The van der Waals surface area contributed by atoms with Crippen LogP contribution in [-0.4, -0.2) is 25.9 Å². The van der Waals surface area contributed by atoms with Crippen molar-refractivity contribution in [3.63, 3.8) is 0 Å². The fourth-order valence-electron chi connectivity index (χ4n) is 1.85. The molecule has 0 bridgehead atoms. The molecule has 3 rings (SSSR count). The van der Waals surface area contributed by atoms with Crippen LogP contribution in [0.1, 0.15) is 10.5 Å². The van der Waals surface area contributed by atoms with Crippen LogP contribution in [0.25, 0.3) is 10.9 Å². The van der Waals surface area contributed by atoms with E-state index >= 15 is 0 Å². The number of para-hydroxylation sites is 1. The normalized spacial score (nSPS) is 10.7. The second-order valence-corrected chi connectivity index (χ2v) is 4.25. The Morgan fingerprint density at radius 2 is 2.05 bits per heavy atom. The van der Waals surface area contributed by atoms with E-state index in [-0.39, 0.29) is 11.3 Å². The molecule has 100 valence electrons. The summed E-state index contributed by atoms with van der Waals surface area (Å²) in [7, 11) is 1.49. The molecule has 0 radical (unpaired) electrons. The topological polar surface area (TPSA) is 92.7 Å². The number of aryl methyl sites for hydroxylation is 1. The maximum absolute atomic E-state index is 12.1. The Morgan fingerprint density at radius 3 is 2.85 bits per heavy atom. The van der Waals surface area contributed by atoms with Crippen molar-refractivity contribution in [2.24, 2.45) is 7.05 Å². The second kappa shape index (κ2) is 4.61. The summed E-state index contributed by atoms with van der Waals surface area (Å²) >= 11 is 0. The molecule has 0 unspecified atom stereocenters. The lowest BCUT2D eigenvalue weighted by atomic mass is 10.2. The van der Waals surface area contributed by atoms with Crippen molar-refractivity contribution in [1.82, 2.24) is 20.0 Å². The summed E-state index contributed by atoms with van der Waals surface area (Å²) in [6.45, 7) is 0. The number of carbonyl (C=O) groups is 1. The highest BCUT2D eigenvalue weighted by atomic mass is 16.2. The number of rotatable bonds is 2. The van der Waals surface area contributed by atoms with Gasteiger partial charge in [0.25, 0.3) is 11.5 Å². The van der Waals surface area contributed by atoms with Gasteiger partial charge >= 0.3 is 0 Å². The Balaban J connectivity index is 1.92. The standard InChI is InChI=1S/C13H11N5O2/c1-18-11(19)7-6-10(17-18)13(20)14-12-8-4-2-3-5-9(8)15-16-12/h2-7H,1H3,(H2,14,15,16,20). The number of fused-ring (bicyclic) bond motifs is 1. The summed E-state index contributed by atoms with van der Waals surface area (Å²) < 4.78 is 1.11. The first-order chi connectivity index (χ1) is 9.65. The van der Waals surface area contributed by atoms with Gasteiger partial charge in [0.2, 0.25) is 0 Å². The largest absolute Gasteiger partial charge is 0.303 e. The minimum absolute atomic E-state index is 0.152. The molecule has 0 saturated carbocycles. The van der Waals surface area contributed by atoms with Gasteiger partial charge in [-0.25, -0.2) is 4.68 Å². The zero-order chi connectivity index (χ0) is 14.1. The molecule has 0 aliphatic rings. The van der Waals surface area contributed by atoms with Crippen molar-refractivity contribution >= 4 is 22.6 Å². The highest BCUT2D eigenvalue weighted by molar-refractivity contribution is 6.06. The second-order valence-electron chi connectivity index (χ2n) is 4.25. The van der Waals surface area contributed by atoms with Gasteiger partial charge in [-0.1, -0.05) is 12.1 Å². The van der Waals surface area contributed by atoms with Gasteiger partial charge in [0.15, 0.2) is 5.82 Å². The molecule has 3 aromatic rings. The minimum Gasteiger partial charge on any atom is -0.303 e. The Hall–Kier alpha value is -2.96. The lowest BCUT2D eigenvalue weighted by molar-refractivity contribution is 0.102. The summed E-state index contributed by atoms with van der Waals surface area (Å²) in [6.07, 6.45) is 0. The third-order valence-corrected chi connectivity index (χ3v) is 2.90. The fraction of sp³-hybridized carbons (Fsp3) is 0.0769. The third-order valence-electron chi connectivity index (χ3n) is 2.90. The van der Waals surface area contributed by atoms with E-state index in [1.807, 2.05) is 24.3 Å². The van der Waals surface area contributed by atoms with E-state index in [0.717, 1.165) is 15.6 Å². The van der Waals surface area contributed by atoms with E-state index in [1.54, 1.807) is 0 Å². The fourth-order valence-corrected chi connectivity index (χ4v) is 1.85. The molecule has 0 spiro atoms. The van der Waals surface area contributed by atoms with Gasteiger partial charge in [-0.3, -0.25) is 14.7 Å². The lowest BCUT2D eigenvalue weighted by Crippen LogP contribution is -2.23. The number of amides is 1. The van der Waals surface area contributed by atoms with Gasteiger partial charge in [-0.05, 0) is 18.2 Å². The monoisotopic (exact) mass is 269 g/mol. The number of nitrogens with one attached hydrogen (secondary N) is 2. The molecule has 7 heteroatoms. The van der Waals surface area contributed by atoms with Crippen molar-refractivity contribution < 1.29 is 4.79 Å². The van der Waals surface area contributed by atoms with E-state index in [4.69, 9.17) is 0 Å². The van der Waals surface area contributed by atoms with E-state index in [1.165, 1.54) is 19.2 Å². The van der Waals surface area contributed by atoms with Crippen LogP contribution in [-0.2, 0) is 7.05 Å². The van der Waals surface area contributed by atoms with Gasteiger partial charge < -0.3 is 5.32 Å². The predicted octanol–water partition coefficient (Wildman–Crippen LogP) is 0.909. The van der Waals surface area contributed by atoms with Gasteiger partial charge in [-0.15, -0.1) is 0 Å². The Morgan fingerprint density at radius 1 is 1.25 bits per heavy atom. The highest BCUT2D eigenvalue weighted by Crippen LogP contribution is 2.19. The van der Waals surface area contributed by atoms with E-state index in [2.05, 4.69) is 20.6 Å². The SMILES string of the molecule is Cn1nc(C(=O)Nc2n[nH]c3ccccc23)ccc1=O. The molecule has 7 nitrogen and oxygen atoms in total. The van der Waals surface area contributed by atoms with Crippen LogP contribution in [0.15, 0.2) is 41.2 Å². The Kier molecular flexibility index (Phi) is 2.79. The van der Waals surface area contributed by atoms with Gasteiger partial charge in [-0.2, -0.15) is 10.2 Å². The number of anilines is 1. The van der Waals surface area contributed by atoms with Crippen LogP contribution >= 0.6 is 0 Å². The number of benzene rings is 1. The highest BCUT2D eigenvalue weighted by Gasteiger charge is 2.12. The molecule has 1 aromatic carbocycles. The molecule has 2 aromatic heterocycles. The van der Waals surface area contributed by atoms with Crippen LogP contribution in [0.5, 0.6) is 0 Å². The molecule has 2 heterocycles. The number of aromatic amines is 1. The van der Waals surface area contributed by atoms with Crippen molar-refractivity contribution in [3.05, 3.63) is 52.4 Å². The van der Waals surface area contributed by atoms with Gasteiger partial charge in [0.05, 0.1) is 5.52 Å². The van der Waals surface area contributed by atoms with Crippen molar-refractivity contribution in [3.8, 4) is 0 Å². The summed E-state index contributed by atoms with van der Waals surface area (Å²) in [5.74, 6) is 0.0131. The average Bonchev–Trinajstić information content (AvgIpc) is 2.85. The first-order valence-corrected chi connectivity index (χ1v) is 5.94. The maximum atomic E-state index is 12.1. The predicted molar refractivity (Wildman–Crippen MR) is 73.5 cm³/mol. The van der Waals surface area contributed by atoms with Crippen LogP contribution in [0, 0.1) is 0 Å². The average molecular weight is 269 g/mol. The summed E-state index contributed by atoms with van der Waals surface area (Å²) in [6, 6.07) is 10.1. The number of nitrogens with zero attached hydrogens (tertiary/aromatic N) is 3. The molecular weight excluding hydrogens is 258 g/mol. The molecule has 1 amide bonds. The number of aromatic nitrogens is 4. The third kappa shape index (κ3) is 2.05. The number of hydrogen-bond donors (Lipinski definition) is 2. The number of H-pyrrole nitrogens is 1. The lowest BCUT2D eigenvalue weighted by Gasteiger charge is -2.03. The van der Waals surface area contributed by atoms with Crippen LogP contribution in [0.4, 0.5) is 5.82 Å². The molecule has 0 saturated heterocycles. The maximum Gasteiger partial charge on any atom is 0.277 e. The molecule has 0 aliphatic heterocycles. The van der Waals surface area contributed by atoms with Crippen molar-refractivity contribution in [2.75, 3.05) is 5.32 Å². The first-order valence-electron chi connectivity index (χ1n) is 5.94. The zero-order valence-corrected chi connectivity index (χ0v) is 10.6. The summed E-state index contributed by atoms with van der Waals surface area (Å²) in [5, 5.41) is 14.2. The molecular formula is C13H11N5O2. The Bertz CT molecular complexity index is 849. The quantitative estimate of drug-likeness (QED) is 0.723. The van der Waals surface area contributed by atoms with E-state index in [0.29, 0.717) is 5.82 Å². The molecule has 0 aliphatic carbocycles.